The normalized spacial score (nSPS) is 12.3. The number of benzene rings is 4. The van der Waals surface area contributed by atoms with E-state index >= 15 is 0 Å². The lowest BCUT2D eigenvalue weighted by molar-refractivity contribution is 0.584. The Labute approximate surface area is 265 Å². The highest BCUT2D eigenvalue weighted by molar-refractivity contribution is 8.10. The molecule has 0 bridgehead atoms. The molecule has 0 radical (unpaired) electrons. The number of aryl methyl sites for hydroxylation is 3. The van der Waals surface area contributed by atoms with Gasteiger partial charge in [0.05, 0.1) is 40.5 Å². The van der Waals surface area contributed by atoms with Gasteiger partial charge in [-0.3, -0.25) is 4.72 Å². The van der Waals surface area contributed by atoms with E-state index in [4.69, 9.17) is 46.4 Å². The zero-order valence-corrected chi connectivity index (χ0v) is 27.5. The van der Waals surface area contributed by atoms with Gasteiger partial charge < -0.3 is 0 Å². The quantitative estimate of drug-likeness (QED) is 0.188. The molecule has 0 aliphatic carbocycles. The Morgan fingerprint density at radius 2 is 0.810 bits per heavy atom. The summed E-state index contributed by atoms with van der Waals surface area (Å²) in [5, 5.41) is -2.53. The molecule has 8 nitrogen and oxygen atoms in total. The minimum absolute atomic E-state index is 0.0516. The highest BCUT2D eigenvalue weighted by Crippen LogP contribution is 2.51. The monoisotopic (exact) mass is 706 g/mol. The SMILES string of the molecule is Cc1ccc(S(=O)(=O)Nc2c(Cl)c(Cl)c(N(S(=O)(=O)c3ccc(C)cc3)S(=O)(=O)c3ccc(C)cc3)c(Cl)c2Cl)cc1. The Morgan fingerprint density at radius 1 is 0.500 bits per heavy atom. The van der Waals surface area contributed by atoms with E-state index in [9.17, 15) is 25.3 Å². The molecule has 0 unspecified atom stereocenters. The average molecular weight is 708 g/mol. The smallest absolute Gasteiger partial charge is 0.276 e. The van der Waals surface area contributed by atoms with Crippen molar-refractivity contribution in [2.45, 2.75) is 35.5 Å². The van der Waals surface area contributed by atoms with Gasteiger partial charge >= 0.3 is 0 Å². The summed E-state index contributed by atoms with van der Waals surface area (Å²) in [6.07, 6.45) is 0. The predicted octanol–water partition coefficient (Wildman–Crippen LogP) is 7.61. The van der Waals surface area contributed by atoms with Gasteiger partial charge in [0.1, 0.15) is 5.69 Å². The third-order valence-corrected chi connectivity index (χ3v) is 13.3. The highest BCUT2D eigenvalue weighted by Gasteiger charge is 2.41. The average Bonchev–Trinajstić information content (AvgIpc) is 2.93. The Kier molecular flexibility index (Phi) is 9.16. The van der Waals surface area contributed by atoms with Crippen molar-refractivity contribution in [3.8, 4) is 0 Å². The van der Waals surface area contributed by atoms with Gasteiger partial charge in [0.2, 0.25) is 0 Å². The third-order valence-electron chi connectivity index (χ3n) is 6.06. The van der Waals surface area contributed by atoms with E-state index in [0.717, 1.165) is 5.56 Å². The van der Waals surface area contributed by atoms with Crippen LogP contribution in [0.15, 0.2) is 87.5 Å². The van der Waals surface area contributed by atoms with Gasteiger partial charge in [-0.25, -0.2) is 25.3 Å². The van der Waals surface area contributed by atoms with E-state index in [0.29, 0.717) is 11.1 Å². The van der Waals surface area contributed by atoms with Crippen molar-refractivity contribution in [2.24, 2.45) is 0 Å². The molecule has 0 saturated carbocycles. The van der Waals surface area contributed by atoms with Crippen molar-refractivity contribution >= 4 is 87.8 Å². The van der Waals surface area contributed by atoms with Crippen LogP contribution in [-0.4, -0.2) is 25.3 Å². The topological polar surface area (TPSA) is 118 Å². The van der Waals surface area contributed by atoms with Gasteiger partial charge in [0.25, 0.3) is 30.1 Å². The molecule has 15 heteroatoms. The standard InChI is InChI=1S/C27H22Cl4N2O6S3/c1-16-4-10-19(11-5-16)40(34,35)32-26-22(28)24(30)27(25(31)23(26)29)33(41(36,37)20-12-6-17(2)7-13-20)42(38,39)21-14-8-18(3)9-15-21/h4-15,32H,1-3H3. The molecule has 4 aromatic carbocycles. The predicted molar refractivity (Wildman–Crippen MR) is 168 cm³/mol. The van der Waals surface area contributed by atoms with Crippen LogP contribution in [0.3, 0.4) is 0 Å². The Balaban J connectivity index is 1.99. The van der Waals surface area contributed by atoms with Crippen molar-refractivity contribution in [1.82, 2.24) is 0 Å². The van der Waals surface area contributed by atoms with E-state index in [-0.39, 0.29) is 8.61 Å². The van der Waals surface area contributed by atoms with E-state index < -0.39 is 71.3 Å². The van der Waals surface area contributed by atoms with Crippen LogP contribution in [0.2, 0.25) is 20.1 Å². The Hall–Kier alpha value is -2.51. The van der Waals surface area contributed by atoms with Gasteiger partial charge in [-0.05, 0) is 57.2 Å². The van der Waals surface area contributed by atoms with Crippen LogP contribution in [0.25, 0.3) is 0 Å². The number of hydrogen-bond acceptors (Lipinski definition) is 6. The first kappa shape index (κ1) is 32.4. The van der Waals surface area contributed by atoms with E-state index in [1.54, 1.807) is 32.9 Å². The molecule has 0 aromatic heterocycles. The first-order valence-corrected chi connectivity index (χ1v) is 17.8. The summed E-state index contributed by atoms with van der Waals surface area (Å²) in [6, 6.07) is 16.7. The molecule has 0 atom stereocenters. The fourth-order valence-corrected chi connectivity index (χ4v) is 10.0. The van der Waals surface area contributed by atoms with Crippen molar-refractivity contribution in [1.29, 1.82) is 0 Å². The number of anilines is 2. The van der Waals surface area contributed by atoms with Gasteiger partial charge in [-0.15, -0.1) is 0 Å². The molecule has 0 fully saturated rings. The maximum atomic E-state index is 14.0. The van der Waals surface area contributed by atoms with Crippen LogP contribution in [0.4, 0.5) is 11.4 Å². The lowest BCUT2D eigenvalue weighted by Gasteiger charge is -2.27. The first-order valence-electron chi connectivity index (χ1n) is 11.9. The van der Waals surface area contributed by atoms with Gasteiger partial charge in [-0.1, -0.05) is 99.5 Å². The van der Waals surface area contributed by atoms with Crippen LogP contribution in [0, 0.1) is 20.8 Å². The third kappa shape index (κ3) is 6.10. The summed E-state index contributed by atoms with van der Waals surface area (Å²) in [4.78, 5) is -0.929. The van der Waals surface area contributed by atoms with Crippen LogP contribution in [0.1, 0.15) is 16.7 Å². The Morgan fingerprint density at radius 3 is 1.14 bits per heavy atom. The van der Waals surface area contributed by atoms with Crippen molar-refractivity contribution in [3.05, 3.63) is 110 Å². The summed E-state index contributed by atoms with van der Waals surface area (Å²) in [5.41, 5.74) is 0.986. The number of sulfonamides is 3. The molecule has 0 saturated heterocycles. The van der Waals surface area contributed by atoms with Gasteiger partial charge in [0.15, 0.2) is 0 Å². The number of nitrogens with one attached hydrogen (secondary N) is 1. The van der Waals surface area contributed by atoms with Crippen molar-refractivity contribution < 1.29 is 25.3 Å². The van der Waals surface area contributed by atoms with Crippen molar-refractivity contribution in [2.75, 3.05) is 8.43 Å². The molecule has 4 aromatic rings. The maximum Gasteiger partial charge on any atom is 0.277 e. The molecule has 0 amide bonds. The largest absolute Gasteiger partial charge is 0.277 e. The minimum Gasteiger partial charge on any atom is -0.276 e. The molecule has 42 heavy (non-hydrogen) atoms. The van der Waals surface area contributed by atoms with Crippen LogP contribution in [0.5, 0.6) is 0 Å². The zero-order valence-electron chi connectivity index (χ0n) is 22.1. The van der Waals surface area contributed by atoms with Crippen molar-refractivity contribution in [3.63, 3.8) is 0 Å². The zero-order chi connectivity index (χ0) is 31.2. The summed E-state index contributed by atoms with van der Waals surface area (Å²) in [5.74, 6) is 0. The fraction of sp³-hybridized carbons (Fsp3) is 0.111. The maximum absolute atomic E-state index is 14.0. The van der Waals surface area contributed by atoms with Gasteiger partial charge in [-0.2, -0.15) is 3.71 Å². The first-order chi connectivity index (χ1) is 19.5. The van der Waals surface area contributed by atoms with E-state index in [2.05, 4.69) is 4.72 Å². The second-order valence-corrected chi connectivity index (χ2v) is 16.2. The molecule has 0 aliphatic heterocycles. The molecule has 0 spiro atoms. The van der Waals surface area contributed by atoms with Gasteiger partial charge in [0, 0.05) is 0 Å². The molecular formula is C27H22Cl4N2O6S3. The van der Waals surface area contributed by atoms with E-state index in [1.165, 1.54) is 60.7 Å². The molecule has 0 heterocycles. The summed E-state index contributed by atoms with van der Waals surface area (Å²) >= 11 is 26.0. The highest BCUT2D eigenvalue weighted by atomic mass is 35.5. The summed E-state index contributed by atoms with van der Waals surface area (Å²) < 4.78 is 84.5. The number of nitrogens with zero attached hydrogens (tertiary/aromatic N) is 1. The molecule has 0 aliphatic rings. The van der Waals surface area contributed by atoms with Crippen LogP contribution < -0.4 is 8.43 Å². The lowest BCUT2D eigenvalue weighted by Crippen LogP contribution is -2.37. The number of halogens is 4. The molecular weight excluding hydrogens is 686 g/mol. The summed E-state index contributed by atoms with van der Waals surface area (Å²) in [6.45, 7) is 5.22. The number of rotatable bonds is 8. The minimum atomic E-state index is -4.94. The van der Waals surface area contributed by atoms with E-state index in [1.807, 2.05) is 0 Å². The lowest BCUT2D eigenvalue weighted by atomic mass is 10.2. The number of hydrogen-bond donors (Lipinski definition) is 1. The second kappa shape index (κ2) is 11.9. The summed E-state index contributed by atoms with van der Waals surface area (Å²) in [7, 11) is -14.2. The molecule has 1 N–H and O–H groups in total. The molecule has 4 rings (SSSR count). The van der Waals surface area contributed by atoms with Crippen LogP contribution in [-0.2, 0) is 30.1 Å². The Bertz CT molecular complexity index is 1900. The second-order valence-electron chi connectivity index (χ2n) is 9.23. The fourth-order valence-electron chi connectivity index (χ4n) is 3.76. The van der Waals surface area contributed by atoms with Crippen LogP contribution >= 0.6 is 46.4 Å². The molecule has 222 valence electrons.